The molecule has 0 aliphatic heterocycles. The van der Waals surface area contributed by atoms with Crippen molar-refractivity contribution in [1.29, 1.82) is 0 Å². The van der Waals surface area contributed by atoms with Crippen LogP contribution in [-0.2, 0) is 6.42 Å². The molecule has 1 saturated carbocycles. The Bertz CT molecular complexity index is 383. The van der Waals surface area contributed by atoms with Gasteiger partial charge in [-0.15, -0.1) is 0 Å². The summed E-state index contributed by atoms with van der Waals surface area (Å²) >= 11 is 0. The molecule has 0 radical (unpaired) electrons. The van der Waals surface area contributed by atoms with Crippen molar-refractivity contribution in [2.24, 2.45) is 11.8 Å². The zero-order valence-electron chi connectivity index (χ0n) is 8.29. The molecule has 3 heteroatoms. The fraction of sp³-hybridized carbons (Fsp3) is 0.636. The van der Waals surface area contributed by atoms with Crippen LogP contribution in [0.2, 0.25) is 0 Å². The first-order valence-corrected chi connectivity index (χ1v) is 5.39. The van der Waals surface area contributed by atoms with Crippen molar-refractivity contribution in [1.82, 2.24) is 10.2 Å². The maximum atomic E-state index is 10.7. The fourth-order valence-corrected chi connectivity index (χ4v) is 3.10. The second-order valence-corrected chi connectivity index (χ2v) is 4.47. The van der Waals surface area contributed by atoms with E-state index in [4.69, 9.17) is 0 Å². The Morgan fingerprint density at radius 3 is 3.21 bits per heavy atom. The van der Waals surface area contributed by atoms with E-state index in [1.165, 1.54) is 24.1 Å². The van der Waals surface area contributed by atoms with E-state index in [1.807, 2.05) is 0 Å². The number of aldehydes is 1. The summed E-state index contributed by atoms with van der Waals surface area (Å²) in [7, 11) is 0. The molecule has 3 atom stereocenters. The number of hydrogen-bond donors (Lipinski definition) is 1. The van der Waals surface area contributed by atoms with Gasteiger partial charge in [-0.05, 0) is 24.7 Å². The normalized spacial score (nSPS) is 32.5. The summed E-state index contributed by atoms with van der Waals surface area (Å²) in [6, 6.07) is 0. The SMILES string of the molecule is CCC[C@H]1[C@@H]2Cc3c(C=O)n[nH]c3[C@H]12. The molecule has 1 heterocycles. The Labute approximate surface area is 82.9 Å². The summed E-state index contributed by atoms with van der Waals surface area (Å²) in [4.78, 5) is 10.7. The van der Waals surface area contributed by atoms with Crippen LogP contribution in [0.25, 0.3) is 0 Å². The maximum Gasteiger partial charge on any atom is 0.170 e. The molecule has 0 amide bonds. The molecule has 14 heavy (non-hydrogen) atoms. The van der Waals surface area contributed by atoms with E-state index in [2.05, 4.69) is 17.1 Å². The molecule has 3 nitrogen and oxygen atoms in total. The Balaban J connectivity index is 1.88. The lowest BCUT2D eigenvalue weighted by molar-refractivity contribution is 0.111. The van der Waals surface area contributed by atoms with Crippen molar-refractivity contribution < 1.29 is 4.79 Å². The van der Waals surface area contributed by atoms with Crippen LogP contribution in [0.5, 0.6) is 0 Å². The first kappa shape index (κ1) is 8.21. The predicted molar refractivity (Wildman–Crippen MR) is 52.3 cm³/mol. The lowest BCUT2D eigenvalue weighted by Gasteiger charge is -2.00. The molecule has 1 fully saturated rings. The largest absolute Gasteiger partial charge is 0.296 e. The summed E-state index contributed by atoms with van der Waals surface area (Å²) in [6.07, 6.45) is 4.54. The molecule has 0 aromatic carbocycles. The highest BCUT2D eigenvalue weighted by Gasteiger charge is 2.56. The minimum Gasteiger partial charge on any atom is -0.296 e. The zero-order valence-corrected chi connectivity index (χ0v) is 8.29. The zero-order chi connectivity index (χ0) is 9.71. The van der Waals surface area contributed by atoms with Crippen molar-refractivity contribution in [3.63, 3.8) is 0 Å². The number of aromatic nitrogens is 2. The van der Waals surface area contributed by atoms with Crippen molar-refractivity contribution in [2.75, 3.05) is 0 Å². The minimum atomic E-state index is 0.641. The van der Waals surface area contributed by atoms with Gasteiger partial charge < -0.3 is 0 Å². The molecule has 1 aromatic rings. The highest BCUT2D eigenvalue weighted by molar-refractivity contribution is 5.75. The van der Waals surface area contributed by atoms with Crippen LogP contribution in [0.15, 0.2) is 0 Å². The van der Waals surface area contributed by atoms with Gasteiger partial charge in [-0.2, -0.15) is 5.10 Å². The average molecular weight is 190 g/mol. The van der Waals surface area contributed by atoms with Gasteiger partial charge in [0.05, 0.1) is 0 Å². The third kappa shape index (κ3) is 0.873. The molecule has 2 aliphatic carbocycles. The van der Waals surface area contributed by atoms with Gasteiger partial charge in [0.25, 0.3) is 0 Å². The van der Waals surface area contributed by atoms with Gasteiger partial charge in [0.1, 0.15) is 5.69 Å². The van der Waals surface area contributed by atoms with Crippen LogP contribution in [0.3, 0.4) is 0 Å². The van der Waals surface area contributed by atoms with Crippen molar-refractivity contribution in [3.05, 3.63) is 17.0 Å². The number of aromatic amines is 1. The second-order valence-electron chi connectivity index (χ2n) is 4.47. The van der Waals surface area contributed by atoms with Crippen LogP contribution in [-0.4, -0.2) is 16.5 Å². The molecule has 74 valence electrons. The van der Waals surface area contributed by atoms with E-state index in [0.717, 1.165) is 24.5 Å². The van der Waals surface area contributed by atoms with E-state index < -0.39 is 0 Å². The van der Waals surface area contributed by atoms with Gasteiger partial charge in [0.15, 0.2) is 6.29 Å². The van der Waals surface area contributed by atoms with Gasteiger partial charge in [-0.1, -0.05) is 13.3 Å². The number of rotatable bonds is 3. The number of hydrogen-bond acceptors (Lipinski definition) is 2. The van der Waals surface area contributed by atoms with Crippen LogP contribution < -0.4 is 0 Å². The van der Waals surface area contributed by atoms with Gasteiger partial charge in [-0.25, -0.2) is 0 Å². The first-order chi connectivity index (χ1) is 6.86. The highest BCUT2D eigenvalue weighted by Crippen LogP contribution is 2.62. The molecule has 1 aromatic heterocycles. The van der Waals surface area contributed by atoms with Crippen molar-refractivity contribution >= 4 is 6.29 Å². The Morgan fingerprint density at radius 1 is 1.64 bits per heavy atom. The average Bonchev–Trinajstić information content (AvgIpc) is 2.61. The highest BCUT2D eigenvalue weighted by atomic mass is 16.1. The summed E-state index contributed by atoms with van der Waals surface area (Å²) < 4.78 is 0. The number of H-pyrrole nitrogens is 1. The monoisotopic (exact) mass is 190 g/mol. The van der Waals surface area contributed by atoms with Crippen LogP contribution in [0, 0.1) is 11.8 Å². The fourth-order valence-electron chi connectivity index (χ4n) is 3.10. The van der Waals surface area contributed by atoms with Gasteiger partial charge in [0, 0.05) is 17.2 Å². The summed E-state index contributed by atoms with van der Waals surface area (Å²) in [5.41, 5.74) is 3.10. The standard InChI is InChI=1S/C11H14N2O/c1-2-3-6-7-4-8-9(5-14)12-13-11(8)10(6)7/h5-7,10H,2-4H2,1H3,(H,12,13)/t6-,7-,10+/m0/s1. The van der Waals surface area contributed by atoms with Crippen LogP contribution in [0.1, 0.15) is 47.4 Å². The van der Waals surface area contributed by atoms with Crippen molar-refractivity contribution in [3.8, 4) is 0 Å². The second kappa shape index (κ2) is 2.69. The minimum absolute atomic E-state index is 0.641. The maximum absolute atomic E-state index is 10.7. The van der Waals surface area contributed by atoms with E-state index >= 15 is 0 Å². The van der Waals surface area contributed by atoms with Crippen LogP contribution >= 0.6 is 0 Å². The number of carbonyl (C=O) groups excluding carboxylic acids is 1. The third-order valence-corrected chi connectivity index (χ3v) is 3.77. The van der Waals surface area contributed by atoms with Gasteiger partial charge in [-0.3, -0.25) is 9.89 Å². The van der Waals surface area contributed by atoms with E-state index in [-0.39, 0.29) is 0 Å². The van der Waals surface area contributed by atoms with E-state index in [9.17, 15) is 4.79 Å². The number of nitrogens with one attached hydrogen (secondary N) is 1. The molecular weight excluding hydrogens is 176 g/mol. The Morgan fingerprint density at radius 2 is 2.50 bits per heavy atom. The quantitative estimate of drug-likeness (QED) is 0.740. The lowest BCUT2D eigenvalue weighted by atomic mass is 10.0. The lowest BCUT2D eigenvalue weighted by Crippen LogP contribution is -1.94. The van der Waals surface area contributed by atoms with Gasteiger partial charge >= 0.3 is 0 Å². The molecule has 0 spiro atoms. The first-order valence-electron chi connectivity index (χ1n) is 5.39. The Hall–Kier alpha value is -1.12. The summed E-state index contributed by atoms with van der Waals surface area (Å²) in [6.45, 7) is 2.23. The van der Waals surface area contributed by atoms with E-state index in [1.54, 1.807) is 0 Å². The number of carbonyl (C=O) groups is 1. The molecule has 1 N–H and O–H groups in total. The van der Waals surface area contributed by atoms with Crippen molar-refractivity contribution in [2.45, 2.75) is 32.1 Å². The summed E-state index contributed by atoms with van der Waals surface area (Å²) in [5, 5.41) is 7.07. The topological polar surface area (TPSA) is 45.8 Å². The number of nitrogens with zero attached hydrogens (tertiary/aromatic N) is 1. The molecule has 0 unspecified atom stereocenters. The molecule has 0 saturated heterocycles. The Kier molecular flexibility index (Phi) is 1.58. The molecule has 3 rings (SSSR count). The smallest absolute Gasteiger partial charge is 0.170 e. The third-order valence-electron chi connectivity index (χ3n) is 3.77. The molecule has 0 bridgehead atoms. The molecular formula is C11H14N2O. The van der Waals surface area contributed by atoms with Gasteiger partial charge in [0.2, 0.25) is 0 Å². The van der Waals surface area contributed by atoms with Crippen LogP contribution in [0.4, 0.5) is 0 Å². The number of fused-ring (bicyclic) bond motifs is 3. The predicted octanol–water partition coefficient (Wildman–Crippen LogP) is 1.91. The van der Waals surface area contributed by atoms with E-state index in [0.29, 0.717) is 11.6 Å². The summed E-state index contributed by atoms with van der Waals surface area (Å²) in [5.74, 6) is 2.39. The molecule has 2 aliphatic rings.